The Bertz CT molecular complexity index is 980. The van der Waals surface area contributed by atoms with Gasteiger partial charge in [-0.15, -0.1) is 11.8 Å². The smallest absolute Gasteiger partial charge is 0.259 e. The molecule has 2 aromatic carbocycles. The van der Waals surface area contributed by atoms with Gasteiger partial charge < -0.3 is 5.32 Å². The lowest BCUT2D eigenvalue weighted by Gasteiger charge is -2.28. The molecule has 0 aromatic heterocycles. The van der Waals surface area contributed by atoms with Gasteiger partial charge in [0.25, 0.3) is 5.91 Å². The second-order valence-corrected chi connectivity index (χ2v) is 9.32. The highest BCUT2D eigenvalue weighted by atomic mass is 35.5. The summed E-state index contributed by atoms with van der Waals surface area (Å²) in [4.78, 5) is 32.5. The Balaban J connectivity index is 1.64. The number of rotatable bonds is 2. The second kappa shape index (κ2) is 8.19. The molecule has 8 heteroatoms. The number of hydrogen-bond acceptors (Lipinski definition) is 5. The van der Waals surface area contributed by atoms with Gasteiger partial charge in [0, 0.05) is 22.8 Å². The number of hydrogen-bond donors (Lipinski definition) is 1. The molecule has 0 bridgehead atoms. The van der Waals surface area contributed by atoms with E-state index in [0.717, 1.165) is 17.1 Å². The monoisotopic (exact) mass is 431 g/mol. The van der Waals surface area contributed by atoms with Crippen molar-refractivity contribution in [1.82, 2.24) is 4.90 Å². The number of aliphatic imine (C=N–C) groups is 1. The Morgan fingerprint density at radius 2 is 2.11 bits per heavy atom. The SMILES string of the molecule is C[C@@H]1Sc2ccc(C(=O)N3CCCSC3=Nc3ccccc3Cl)cc2NC1=O. The van der Waals surface area contributed by atoms with Crippen molar-refractivity contribution in [2.45, 2.75) is 23.5 Å². The molecule has 0 aliphatic carbocycles. The van der Waals surface area contributed by atoms with E-state index in [0.29, 0.717) is 33.7 Å². The number of amidine groups is 1. The fourth-order valence-corrected chi connectivity index (χ4v) is 5.04. The minimum Gasteiger partial charge on any atom is -0.324 e. The average molecular weight is 432 g/mol. The third-order valence-corrected chi connectivity index (χ3v) is 7.02. The fraction of sp³-hybridized carbons (Fsp3) is 0.250. The molecule has 1 atom stereocenters. The Hall–Kier alpha value is -1.96. The fourth-order valence-electron chi connectivity index (χ4n) is 2.98. The molecular formula is C20H18ClN3O2S2. The lowest BCUT2D eigenvalue weighted by Crippen LogP contribution is -2.39. The van der Waals surface area contributed by atoms with E-state index in [2.05, 4.69) is 10.3 Å². The molecule has 0 spiro atoms. The highest BCUT2D eigenvalue weighted by Gasteiger charge is 2.28. The summed E-state index contributed by atoms with van der Waals surface area (Å²) in [6.45, 7) is 2.47. The molecule has 5 nitrogen and oxygen atoms in total. The van der Waals surface area contributed by atoms with Gasteiger partial charge in [0.15, 0.2) is 5.17 Å². The second-order valence-electron chi connectivity index (χ2n) is 6.46. The van der Waals surface area contributed by atoms with Crippen LogP contribution in [-0.2, 0) is 4.79 Å². The van der Waals surface area contributed by atoms with Crippen molar-refractivity contribution in [2.75, 3.05) is 17.6 Å². The number of amides is 2. The summed E-state index contributed by atoms with van der Waals surface area (Å²) < 4.78 is 0. The van der Waals surface area contributed by atoms with Gasteiger partial charge in [0.2, 0.25) is 5.91 Å². The van der Waals surface area contributed by atoms with Crippen molar-refractivity contribution in [3.05, 3.63) is 53.1 Å². The van der Waals surface area contributed by atoms with Crippen molar-refractivity contribution in [2.24, 2.45) is 4.99 Å². The predicted octanol–water partition coefficient (Wildman–Crippen LogP) is 5.04. The molecule has 1 fully saturated rings. The first-order chi connectivity index (χ1) is 13.5. The number of carbonyl (C=O) groups excluding carboxylic acids is 2. The van der Waals surface area contributed by atoms with E-state index >= 15 is 0 Å². The molecular weight excluding hydrogens is 414 g/mol. The van der Waals surface area contributed by atoms with Crippen molar-refractivity contribution in [3.63, 3.8) is 0 Å². The summed E-state index contributed by atoms with van der Waals surface area (Å²) in [5.74, 6) is 0.734. The van der Waals surface area contributed by atoms with Crippen LogP contribution in [0.25, 0.3) is 0 Å². The zero-order valence-corrected chi connectivity index (χ0v) is 17.5. The number of nitrogens with zero attached hydrogens (tertiary/aromatic N) is 2. The molecule has 0 radical (unpaired) electrons. The number of halogens is 1. The van der Waals surface area contributed by atoms with Gasteiger partial charge in [-0.3, -0.25) is 14.5 Å². The van der Waals surface area contributed by atoms with E-state index in [9.17, 15) is 9.59 Å². The van der Waals surface area contributed by atoms with E-state index in [4.69, 9.17) is 11.6 Å². The summed E-state index contributed by atoms with van der Waals surface area (Å²) in [7, 11) is 0. The van der Waals surface area contributed by atoms with Crippen molar-refractivity contribution in [1.29, 1.82) is 0 Å². The summed E-state index contributed by atoms with van der Waals surface area (Å²) in [6, 6.07) is 12.8. The number of benzene rings is 2. The van der Waals surface area contributed by atoms with Crippen LogP contribution < -0.4 is 5.32 Å². The molecule has 4 rings (SSSR count). The van der Waals surface area contributed by atoms with Gasteiger partial charge in [0.05, 0.1) is 21.6 Å². The Kier molecular flexibility index (Phi) is 5.66. The van der Waals surface area contributed by atoms with Gasteiger partial charge in [-0.1, -0.05) is 35.5 Å². The van der Waals surface area contributed by atoms with E-state index in [1.54, 1.807) is 28.8 Å². The third kappa shape index (κ3) is 3.92. The first-order valence-corrected chi connectivity index (χ1v) is 11.2. The maximum Gasteiger partial charge on any atom is 0.259 e. The van der Waals surface area contributed by atoms with Crippen molar-refractivity contribution >= 4 is 63.5 Å². The maximum atomic E-state index is 13.2. The van der Waals surface area contributed by atoms with Crippen LogP contribution >= 0.6 is 35.1 Å². The van der Waals surface area contributed by atoms with Gasteiger partial charge in [-0.05, 0) is 43.7 Å². The molecule has 2 aliphatic heterocycles. The van der Waals surface area contributed by atoms with Crippen LogP contribution in [0.5, 0.6) is 0 Å². The van der Waals surface area contributed by atoms with Gasteiger partial charge in [0.1, 0.15) is 0 Å². The topological polar surface area (TPSA) is 61.8 Å². The minimum atomic E-state index is -0.137. The number of thioether (sulfide) groups is 2. The molecule has 1 N–H and O–H groups in total. The lowest BCUT2D eigenvalue weighted by molar-refractivity contribution is -0.115. The molecule has 0 saturated carbocycles. The number of carbonyl (C=O) groups is 2. The average Bonchev–Trinajstić information content (AvgIpc) is 2.70. The summed E-state index contributed by atoms with van der Waals surface area (Å²) in [6.07, 6.45) is 0.896. The van der Waals surface area contributed by atoms with Crippen LogP contribution in [0.3, 0.4) is 0 Å². The van der Waals surface area contributed by atoms with Crippen molar-refractivity contribution in [3.8, 4) is 0 Å². The van der Waals surface area contributed by atoms with E-state index in [-0.39, 0.29) is 17.1 Å². The number of anilines is 1. The summed E-state index contributed by atoms with van der Waals surface area (Å²) >= 11 is 9.28. The van der Waals surface area contributed by atoms with E-state index < -0.39 is 0 Å². The molecule has 144 valence electrons. The van der Waals surface area contributed by atoms with Crippen molar-refractivity contribution < 1.29 is 9.59 Å². The molecule has 2 heterocycles. The van der Waals surface area contributed by atoms with E-state index in [1.165, 1.54) is 11.8 Å². The Morgan fingerprint density at radius 3 is 2.93 bits per heavy atom. The molecule has 2 aliphatic rings. The van der Waals surface area contributed by atoms with Crippen LogP contribution in [0.2, 0.25) is 5.02 Å². The number of para-hydroxylation sites is 1. The van der Waals surface area contributed by atoms with Gasteiger partial charge >= 0.3 is 0 Å². The van der Waals surface area contributed by atoms with Crippen LogP contribution in [0.15, 0.2) is 52.4 Å². The standard InChI is InChI=1S/C20H18ClN3O2S2/c1-12-18(25)22-16-11-13(7-8-17(16)28-12)19(26)24-9-4-10-27-20(24)23-15-6-3-2-5-14(15)21/h2-3,5-8,11-12H,4,9-10H2,1H3,(H,22,25)/t12-/m0/s1. The highest BCUT2D eigenvalue weighted by molar-refractivity contribution is 8.13. The first-order valence-electron chi connectivity index (χ1n) is 8.92. The van der Waals surface area contributed by atoms with Crippen LogP contribution in [0.1, 0.15) is 23.7 Å². The van der Waals surface area contributed by atoms with Crippen LogP contribution in [0.4, 0.5) is 11.4 Å². The molecule has 1 saturated heterocycles. The number of nitrogens with one attached hydrogen (secondary N) is 1. The zero-order chi connectivity index (χ0) is 19.7. The van der Waals surface area contributed by atoms with Crippen LogP contribution in [0, 0.1) is 0 Å². The predicted molar refractivity (Wildman–Crippen MR) is 117 cm³/mol. The molecule has 28 heavy (non-hydrogen) atoms. The molecule has 0 unspecified atom stereocenters. The summed E-state index contributed by atoms with van der Waals surface area (Å²) in [5.41, 5.74) is 1.87. The van der Waals surface area contributed by atoms with Gasteiger partial charge in [-0.2, -0.15) is 0 Å². The quantitative estimate of drug-likeness (QED) is 0.723. The van der Waals surface area contributed by atoms with Crippen LogP contribution in [-0.4, -0.2) is 39.4 Å². The summed E-state index contributed by atoms with van der Waals surface area (Å²) in [5, 5.41) is 3.95. The highest BCUT2D eigenvalue weighted by Crippen LogP contribution is 2.36. The largest absolute Gasteiger partial charge is 0.324 e. The van der Waals surface area contributed by atoms with E-state index in [1.807, 2.05) is 37.3 Å². The lowest BCUT2D eigenvalue weighted by atomic mass is 10.1. The minimum absolute atomic E-state index is 0.0448. The normalized spacial score (nSPS) is 20.6. The third-order valence-electron chi connectivity index (χ3n) is 4.46. The molecule has 2 aromatic rings. The molecule has 2 amide bonds. The zero-order valence-electron chi connectivity index (χ0n) is 15.1. The number of fused-ring (bicyclic) bond motifs is 1. The Labute approximate surface area is 176 Å². The Morgan fingerprint density at radius 1 is 1.29 bits per heavy atom. The first kappa shape index (κ1) is 19.4. The van der Waals surface area contributed by atoms with Gasteiger partial charge in [-0.25, -0.2) is 4.99 Å². The maximum absolute atomic E-state index is 13.2.